The summed E-state index contributed by atoms with van der Waals surface area (Å²) in [6.07, 6.45) is 3.36. The van der Waals surface area contributed by atoms with E-state index in [-0.39, 0.29) is 18.6 Å². The van der Waals surface area contributed by atoms with E-state index in [1.165, 1.54) is 0 Å². The van der Waals surface area contributed by atoms with E-state index in [9.17, 15) is 9.90 Å². The summed E-state index contributed by atoms with van der Waals surface area (Å²) in [7, 11) is 3.87. The van der Waals surface area contributed by atoms with Crippen LogP contribution in [0.25, 0.3) is 0 Å². The lowest BCUT2D eigenvalue weighted by molar-refractivity contribution is -0.129. The van der Waals surface area contributed by atoms with Crippen LogP contribution in [0.3, 0.4) is 0 Å². The number of amides is 1. The molecule has 0 saturated carbocycles. The average molecular weight is 311 g/mol. The van der Waals surface area contributed by atoms with Crippen LogP contribution in [0, 0.1) is 0 Å². The van der Waals surface area contributed by atoms with Gasteiger partial charge in [0.05, 0.1) is 12.6 Å². The van der Waals surface area contributed by atoms with E-state index in [1.807, 2.05) is 50.2 Å². The van der Waals surface area contributed by atoms with E-state index in [2.05, 4.69) is 0 Å². The highest BCUT2D eigenvalue weighted by molar-refractivity contribution is 6.31. The maximum absolute atomic E-state index is 12.3. The summed E-state index contributed by atoms with van der Waals surface area (Å²) in [6, 6.07) is 7.15. The molecule has 0 spiro atoms. The molecule has 5 heteroatoms. The number of carbonyl (C=O) groups excluding carboxylic acids is 1. The monoisotopic (exact) mass is 310 g/mol. The number of benzene rings is 1. The predicted octanol–water partition coefficient (Wildman–Crippen LogP) is 2.17. The normalized spacial score (nSPS) is 12.9. The molecule has 0 heterocycles. The molecule has 0 radical (unpaired) electrons. The molecule has 1 aromatic rings. The smallest absolute Gasteiger partial charge is 0.246 e. The fourth-order valence-corrected chi connectivity index (χ4v) is 2.02. The van der Waals surface area contributed by atoms with Gasteiger partial charge < -0.3 is 14.9 Å². The summed E-state index contributed by atoms with van der Waals surface area (Å²) in [5, 5.41) is 9.98. The molecule has 21 heavy (non-hydrogen) atoms. The SMILES string of the molecule is CC(CO)N(Cc1ccccc1Cl)C(=O)/C=C/CN(C)C. The molecule has 116 valence electrons. The van der Waals surface area contributed by atoms with Crippen LogP contribution in [0.15, 0.2) is 36.4 Å². The van der Waals surface area contributed by atoms with Crippen molar-refractivity contribution in [3.63, 3.8) is 0 Å². The van der Waals surface area contributed by atoms with Gasteiger partial charge in [-0.05, 0) is 32.6 Å². The molecule has 0 fully saturated rings. The number of likely N-dealkylation sites (N-methyl/N-ethyl adjacent to an activating group) is 1. The van der Waals surface area contributed by atoms with Gasteiger partial charge in [-0.3, -0.25) is 4.79 Å². The average Bonchev–Trinajstić information content (AvgIpc) is 2.45. The molecule has 1 amide bonds. The van der Waals surface area contributed by atoms with E-state index >= 15 is 0 Å². The highest BCUT2D eigenvalue weighted by atomic mass is 35.5. The lowest BCUT2D eigenvalue weighted by Gasteiger charge is -2.27. The second-order valence-electron chi connectivity index (χ2n) is 5.25. The molecule has 0 saturated heterocycles. The Labute approximate surface area is 131 Å². The first-order valence-corrected chi connectivity index (χ1v) is 7.29. The van der Waals surface area contributed by atoms with Crippen molar-refractivity contribution in [2.75, 3.05) is 27.2 Å². The van der Waals surface area contributed by atoms with Gasteiger partial charge in [0.25, 0.3) is 0 Å². The van der Waals surface area contributed by atoms with Gasteiger partial charge >= 0.3 is 0 Å². The molecule has 0 aromatic heterocycles. The van der Waals surface area contributed by atoms with Crippen LogP contribution >= 0.6 is 11.6 Å². The lowest BCUT2D eigenvalue weighted by atomic mass is 10.1. The number of aliphatic hydroxyl groups is 1. The topological polar surface area (TPSA) is 43.8 Å². The van der Waals surface area contributed by atoms with Crippen molar-refractivity contribution in [3.8, 4) is 0 Å². The van der Waals surface area contributed by atoms with Gasteiger partial charge in [0.1, 0.15) is 0 Å². The largest absolute Gasteiger partial charge is 0.394 e. The van der Waals surface area contributed by atoms with E-state index in [4.69, 9.17) is 11.6 Å². The molecule has 0 bridgehead atoms. The first kappa shape index (κ1) is 17.7. The van der Waals surface area contributed by atoms with Crippen LogP contribution in [0.5, 0.6) is 0 Å². The number of aliphatic hydroxyl groups excluding tert-OH is 1. The van der Waals surface area contributed by atoms with Crippen molar-refractivity contribution < 1.29 is 9.90 Å². The molecule has 0 aliphatic carbocycles. The summed E-state index contributed by atoms with van der Waals surface area (Å²) < 4.78 is 0. The van der Waals surface area contributed by atoms with Crippen molar-refractivity contribution >= 4 is 17.5 Å². The van der Waals surface area contributed by atoms with Gasteiger partial charge in [-0.1, -0.05) is 35.9 Å². The second-order valence-corrected chi connectivity index (χ2v) is 5.66. The maximum Gasteiger partial charge on any atom is 0.246 e. The van der Waals surface area contributed by atoms with Crippen LogP contribution in [0.4, 0.5) is 0 Å². The molecule has 0 aliphatic rings. The number of hydrogen-bond acceptors (Lipinski definition) is 3. The zero-order valence-corrected chi connectivity index (χ0v) is 13.5. The third-order valence-corrected chi connectivity index (χ3v) is 3.48. The zero-order valence-electron chi connectivity index (χ0n) is 12.8. The van der Waals surface area contributed by atoms with Crippen LogP contribution in [0.1, 0.15) is 12.5 Å². The third kappa shape index (κ3) is 5.87. The summed E-state index contributed by atoms with van der Waals surface area (Å²) in [4.78, 5) is 15.9. The predicted molar refractivity (Wildman–Crippen MR) is 86.2 cm³/mol. The highest BCUT2D eigenvalue weighted by Gasteiger charge is 2.18. The summed E-state index contributed by atoms with van der Waals surface area (Å²) in [5.41, 5.74) is 0.869. The van der Waals surface area contributed by atoms with Crippen molar-refractivity contribution in [2.45, 2.75) is 19.5 Å². The lowest BCUT2D eigenvalue weighted by Crippen LogP contribution is -2.39. The number of nitrogens with zero attached hydrogens (tertiary/aromatic N) is 2. The van der Waals surface area contributed by atoms with Crippen LogP contribution in [-0.4, -0.2) is 54.1 Å². The van der Waals surface area contributed by atoms with Crippen molar-refractivity contribution in [1.29, 1.82) is 0 Å². The maximum atomic E-state index is 12.3. The minimum absolute atomic E-state index is 0.0856. The minimum atomic E-state index is -0.266. The molecular weight excluding hydrogens is 288 g/mol. The molecule has 4 nitrogen and oxygen atoms in total. The summed E-state index contributed by atoms with van der Waals surface area (Å²) in [6.45, 7) is 2.80. The fourth-order valence-electron chi connectivity index (χ4n) is 1.82. The molecule has 1 atom stereocenters. The molecule has 1 aromatic carbocycles. The zero-order chi connectivity index (χ0) is 15.8. The molecule has 0 aliphatic heterocycles. The third-order valence-electron chi connectivity index (χ3n) is 3.11. The first-order valence-electron chi connectivity index (χ1n) is 6.91. The molecule has 1 unspecified atom stereocenters. The number of carbonyl (C=O) groups is 1. The standard InChI is InChI=1S/C16H23ClN2O2/c1-13(12-20)19(16(21)9-6-10-18(2)3)11-14-7-4-5-8-15(14)17/h4-9,13,20H,10-12H2,1-3H3/b9-6+. The molecule has 1 N–H and O–H groups in total. The molecular formula is C16H23ClN2O2. The number of halogens is 1. The van der Waals surface area contributed by atoms with Gasteiger partial charge in [-0.15, -0.1) is 0 Å². The molecule has 1 rings (SSSR count). The Kier molecular flexibility index (Phi) is 7.43. The van der Waals surface area contributed by atoms with E-state index in [0.29, 0.717) is 18.1 Å². The van der Waals surface area contributed by atoms with E-state index in [1.54, 1.807) is 17.0 Å². The summed E-state index contributed by atoms with van der Waals surface area (Å²) >= 11 is 6.14. The van der Waals surface area contributed by atoms with Gasteiger partial charge in [0.15, 0.2) is 0 Å². The number of hydrogen-bond donors (Lipinski definition) is 1. The van der Waals surface area contributed by atoms with Crippen LogP contribution in [-0.2, 0) is 11.3 Å². The van der Waals surface area contributed by atoms with E-state index < -0.39 is 0 Å². The quantitative estimate of drug-likeness (QED) is 0.785. The second kappa shape index (κ2) is 8.82. The van der Waals surface area contributed by atoms with Gasteiger partial charge in [-0.2, -0.15) is 0 Å². The van der Waals surface area contributed by atoms with Crippen molar-refractivity contribution in [3.05, 3.63) is 47.0 Å². The first-order chi connectivity index (χ1) is 9.95. The fraction of sp³-hybridized carbons (Fsp3) is 0.438. The van der Waals surface area contributed by atoms with Gasteiger partial charge in [0, 0.05) is 24.2 Å². The Morgan fingerprint density at radius 3 is 2.62 bits per heavy atom. The van der Waals surface area contributed by atoms with Crippen LogP contribution < -0.4 is 0 Å². The summed E-state index contributed by atoms with van der Waals surface area (Å²) in [5.74, 6) is -0.127. The Bertz CT molecular complexity index is 489. The Balaban J connectivity index is 2.83. The minimum Gasteiger partial charge on any atom is -0.394 e. The Morgan fingerprint density at radius 2 is 2.05 bits per heavy atom. The van der Waals surface area contributed by atoms with E-state index in [0.717, 1.165) is 5.56 Å². The Hall–Kier alpha value is -1.36. The Morgan fingerprint density at radius 1 is 1.38 bits per heavy atom. The van der Waals surface area contributed by atoms with Gasteiger partial charge in [0.2, 0.25) is 5.91 Å². The van der Waals surface area contributed by atoms with Crippen molar-refractivity contribution in [1.82, 2.24) is 9.80 Å². The van der Waals surface area contributed by atoms with Crippen LogP contribution in [0.2, 0.25) is 5.02 Å². The van der Waals surface area contributed by atoms with Crippen molar-refractivity contribution in [2.24, 2.45) is 0 Å². The van der Waals surface area contributed by atoms with Gasteiger partial charge in [-0.25, -0.2) is 0 Å². The highest BCUT2D eigenvalue weighted by Crippen LogP contribution is 2.18. The number of rotatable bonds is 7.